The molecule has 2 aromatic carbocycles. The zero-order chi connectivity index (χ0) is 24.0. The number of ether oxygens (including phenoxy) is 2. The van der Waals surface area contributed by atoms with Crippen LogP contribution in [0.3, 0.4) is 0 Å². The van der Waals surface area contributed by atoms with Crippen molar-refractivity contribution in [1.29, 1.82) is 0 Å². The summed E-state index contributed by atoms with van der Waals surface area (Å²) in [5.74, 6) is 0.592. The molecule has 8 nitrogen and oxygen atoms in total. The fourth-order valence-corrected chi connectivity index (χ4v) is 4.84. The van der Waals surface area contributed by atoms with Gasteiger partial charge in [-0.25, -0.2) is 13.8 Å². The van der Waals surface area contributed by atoms with Crippen molar-refractivity contribution in [3.8, 4) is 5.75 Å². The lowest BCUT2D eigenvalue weighted by molar-refractivity contribution is -0.123. The first kappa shape index (κ1) is 24.9. The van der Waals surface area contributed by atoms with Crippen LogP contribution in [-0.4, -0.2) is 57.3 Å². The first-order chi connectivity index (χ1) is 15.7. The Bertz CT molecular complexity index is 1110. The predicted octanol–water partition coefficient (Wildman–Crippen LogP) is 3.06. The van der Waals surface area contributed by atoms with Crippen molar-refractivity contribution in [2.24, 2.45) is 5.10 Å². The van der Waals surface area contributed by atoms with Crippen LogP contribution >= 0.6 is 0 Å². The summed E-state index contributed by atoms with van der Waals surface area (Å²) in [6.07, 6.45) is 0. The third kappa shape index (κ3) is 6.40. The van der Waals surface area contributed by atoms with Gasteiger partial charge >= 0.3 is 0 Å². The minimum Gasteiger partial charge on any atom is -0.483 e. The van der Waals surface area contributed by atoms with Crippen molar-refractivity contribution < 1.29 is 22.7 Å². The summed E-state index contributed by atoms with van der Waals surface area (Å²) in [5.41, 5.74) is 5.85. The molecule has 3 rings (SSSR count). The number of carbonyl (C=O) groups excluding carboxylic acids is 1. The molecule has 1 amide bonds. The number of benzene rings is 2. The average molecular weight is 474 g/mol. The summed E-state index contributed by atoms with van der Waals surface area (Å²) < 4.78 is 37.8. The van der Waals surface area contributed by atoms with E-state index in [1.54, 1.807) is 31.2 Å². The maximum absolute atomic E-state index is 12.7. The van der Waals surface area contributed by atoms with Gasteiger partial charge in [0.25, 0.3) is 5.91 Å². The largest absolute Gasteiger partial charge is 0.483 e. The van der Waals surface area contributed by atoms with Gasteiger partial charge in [-0.1, -0.05) is 38.1 Å². The number of nitrogens with one attached hydrogen (secondary N) is 1. The van der Waals surface area contributed by atoms with Crippen LogP contribution in [0.2, 0.25) is 0 Å². The lowest BCUT2D eigenvalue weighted by Crippen LogP contribution is -2.40. The summed E-state index contributed by atoms with van der Waals surface area (Å²) in [5, 5.41) is 4.12. The Morgan fingerprint density at radius 3 is 2.45 bits per heavy atom. The van der Waals surface area contributed by atoms with Crippen LogP contribution in [0, 0.1) is 6.92 Å². The number of hydrogen-bond acceptors (Lipinski definition) is 6. The number of hydrogen-bond donors (Lipinski definition) is 1. The van der Waals surface area contributed by atoms with E-state index in [4.69, 9.17) is 9.47 Å². The summed E-state index contributed by atoms with van der Waals surface area (Å²) in [7, 11) is -3.55. The Labute approximate surface area is 195 Å². The molecule has 0 bridgehead atoms. The minimum absolute atomic E-state index is 0.156. The smallest absolute Gasteiger partial charge is 0.277 e. The molecular formula is C24H31N3O5S. The Hall–Kier alpha value is -2.75. The highest BCUT2D eigenvalue weighted by Crippen LogP contribution is 2.27. The van der Waals surface area contributed by atoms with Crippen LogP contribution in [0.25, 0.3) is 0 Å². The normalized spacial score (nSPS) is 15.5. The van der Waals surface area contributed by atoms with Gasteiger partial charge in [0.2, 0.25) is 10.0 Å². The molecule has 1 N–H and O–H groups in total. The Kier molecular flexibility index (Phi) is 8.23. The number of rotatable bonds is 8. The molecule has 0 spiro atoms. The van der Waals surface area contributed by atoms with Gasteiger partial charge in [-0.2, -0.15) is 9.41 Å². The van der Waals surface area contributed by atoms with Gasteiger partial charge in [0.05, 0.1) is 23.8 Å². The van der Waals surface area contributed by atoms with Gasteiger partial charge in [-0.15, -0.1) is 0 Å². The monoisotopic (exact) mass is 473 g/mol. The van der Waals surface area contributed by atoms with E-state index in [0.717, 1.165) is 11.1 Å². The molecule has 1 saturated heterocycles. The highest BCUT2D eigenvalue weighted by molar-refractivity contribution is 7.89. The molecule has 1 fully saturated rings. The summed E-state index contributed by atoms with van der Waals surface area (Å²) in [4.78, 5) is 12.5. The zero-order valence-electron chi connectivity index (χ0n) is 19.5. The third-order valence-electron chi connectivity index (χ3n) is 5.38. The number of aryl methyl sites for hydroxylation is 1. The van der Waals surface area contributed by atoms with Gasteiger partial charge in [0.15, 0.2) is 6.61 Å². The fourth-order valence-electron chi connectivity index (χ4n) is 3.43. The topological polar surface area (TPSA) is 97.3 Å². The van der Waals surface area contributed by atoms with Crippen molar-refractivity contribution in [2.45, 2.75) is 38.5 Å². The fraction of sp³-hybridized carbons (Fsp3) is 0.417. The summed E-state index contributed by atoms with van der Waals surface area (Å²) in [6, 6.07) is 12.4. The molecule has 9 heteroatoms. The molecule has 0 saturated carbocycles. The molecule has 1 aliphatic heterocycles. The molecule has 1 heterocycles. The van der Waals surface area contributed by atoms with E-state index >= 15 is 0 Å². The van der Waals surface area contributed by atoms with E-state index in [9.17, 15) is 13.2 Å². The van der Waals surface area contributed by atoms with E-state index in [2.05, 4.69) is 24.4 Å². The highest BCUT2D eigenvalue weighted by atomic mass is 32.2. The second kappa shape index (κ2) is 10.9. The van der Waals surface area contributed by atoms with Crippen LogP contribution in [0.4, 0.5) is 0 Å². The van der Waals surface area contributed by atoms with Crippen molar-refractivity contribution in [2.75, 3.05) is 32.9 Å². The molecule has 0 atom stereocenters. The summed E-state index contributed by atoms with van der Waals surface area (Å²) >= 11 is 0. The SMILES string of the molecule is C/C(=N\NC(=O)COc1cc(C)ccc1C(C)C)c1ccc(S(=O)(=O)N2CCOCC2)cc1. The first-order valence-corrected chi connectivity index (χ1v) is 12.4. The van der Waals surface area contributed by atoms with E-state index in [1.807, 2.05) is 25.1 Å². The minimum atomic E-state index is -3.55. The van der Waals surface area contributed by atoms with Crippen molar-refractivity contribution in [1.82, 2.24) is 9.73 Å². The van der Waals surface area contributed by atoms with E-state index in [0.29, 0.717) is 43.3 Å². The first-order valence-electron chi connectivity index (χ1n) is 10.9. The van der Waals surface area contributed by atoms with Crippen LogP contribution in [0.15, 0.2) is 52.5 Å². The molecule has 178 valence electrons. The van der Waals surface area contributed by atoms with E-state index in [1.165, 1.54) is 4.31 Å². The molecule has 0 aliphatic carbocycles. The van der Waals surface area contributed by atoms with Crippen LogP contribution < -0.4 is 10.2 Å². The van der Waals surface area contributed by atoms with E-state index < -0.39 is 10.0 Å². The Morgan fingerprint density at radius 1 is 1.15 bits per heavy atom. The standard InChI is InChI=1S/C24H31N3O5S/c1-17(2)22-10-5-18(3)15-23(22)32-16-24(28)26-25-19(4)20-6-8-21(9-7-20)33(29,30)27-11-13-31-14-12-27/h5-10,15,17H,11-14,16H2,1-4H3,(H,26,28)/b25-19+. The van der Waals surface area contributed by atoms with Gasteiger partial charge in [0.1, 0.15) is 5.75 Å². The number of sulfonamides is 1. The third-order valence-corrected chi connectivity index (χ3v) is 7.29. The molecule has 2 aromatic rings. The van der Waals surface area contributed by atoms with Crippen LogP contribution in [0.1, 0.15) is 43.4 Å². The number of carbonyl (C=O) groups is 1. The maximum atomic E-state index is 12.7. The van der Waals surface area contributed by atoms with Crippen LogP contribution in [0.5, 0.6) is 5.75 Å². The molecule has 0 radical (unpaired) electrons. The van der Waals surface area contributed by atoms with E-state index in [-0.39, 0.29) is 23.3 Å². The molecule has 0 unspecified atom stereocenters. The second-order valence-corrected chi connectivity index (χ2v) is 10.2. The quantitative estimate of drug-likeness (QED) is 0.469. The molecule has 33 heavy (non-hydrogen) atoms. The van der Waals surface area contributed by atoms with Gasteiger partial charge in [-0.3, -0.25) is 4.79 Å². The molecular weight excluding hydrogens is 442 g/mol. The summed E-state index contributed by atoms with van der Waals surface area (Å²) in [6.45, 7) is 9.19. The molecule has 1 aliphatic rings. The second-order valence-electron chi connectivity index (χ2n) is 8.26. The number of morpholine rings is 1. The lowest BCUT2D eigenvalue weighted by atomic mass is 10.0. The lowest BCUT2D eigenvalue weighted by Gasteiger charge is -2.26. The van der Waals surface area contributed by atoms with Crippen molar-refractivity contribution >= 4 is 21.6 Å². The Balaban J connectivity index is 1.59. The number of hydrazone groups is 1. The van der Waals surface area contributed by atoms with Crippen molar-refractivity contribution in [3.63, 3.8) is 0 Å². The average Bonchev–Trinajstić information content (AvgIpc) is 2.81. The van der Waals surface area contributed by atoms with Gasteiger partial charge in [-0.05, 0) is 54.7 Å². The zero-order valence-corrected chi connectivity index (χ0v) is 20.3. The van der Waals surface area contributed by atoms with Crippen LogP contribution in [-0.2, 0) is 19.6 Å². The maximum Gasteiger partial charge on any atom is 0.277 e. The predicted molar refractivity (Wildman–Crippen MR) is 127 cm³/mol. The molecule has 0 aromatic heterocycles. The van der Waals surface area contributed by atoms with Gasteiger partial charge in [0, 0.05) is 13.1 Å². The van der Waals surface area contributed by atoms with Crippen molar-refractivity contribution in [3.05, 3.63) is 59.2 Å². The highest BCUT2D eigenvalue weighted by Gasteiger charge is 2.26. The number of amides is 1. The number of nitrogens with zero attached hydrogens (tertiary/aromatic N) is 2. The Morgan fingerprint density at radius 2 is 1.82 bits per heavy atom. The van der Waals surface area contributed by atoms with Gasteiger partial charge < -0.3 is 9.47 Å².